The Morgan fingerprint density at radius 1 is 1.18 bits per heavy atom. The Bertz CT molecular complexity index is 753. The molecule has 0 saturated carbocycles. The monoisotopic (exact) mass is 464 g/mol. The molecule has 1 nitrogen and oxygen atoms in total. The minimum Gasteiger partial charge on any atom is -0.388 e. The van der Waals surface area contributed by atoms with Crippen LogP contribution in [-0.2, 0) is 6.42 Å². The van der Waals surface area contributed by atoms with Gasteiger partial charge in [0.05, 0.1) is 6.10 Å². The van der Waals surface area contributed by atoms with Gasteiger partial charge in [-0.2, -0.15) is 0 Å². The smallest absolute Gasteiger partial charge is 0.111 e. The highest BCUT2D eigenvalue weighted by Crippen LogP contribution is 2.49. The molecule has 0 fully saturated rings. The quantitative estimate of drug-likeness (QED) is 0.352. The summed E-state index contributed by atoms with van der Waals surface area (Å²) in [6.45, 7) is 2.17. The Balaban J connectivity index is 1.63. The van der Waals surface area contributed by atoms with Gasteiger partial charge < -0.3 is 5.11 Å². The lowest BCUT2D eigenvalue weighted by molar-refractivity contribution is 0.163. The van der Waals surface area contributed by atoms with Crippen LogP contribution in [0.15, 0.2) is 52.1 Å². The van der Waals surface area contributed by atoms with E-state index in [9.17, 15) is 9.50 Å². The molecule has 2 aromatic rings. The van der Waals surface area contributed by atoms with Crippen molar-refractivity contribution in [3.8, 4) is 0 Å². The third kappa shape index (κ3) is 5.55. The van der Waals surface area contributed by atoms with Crippen molar-refractivity contribution in [1.29, 1.82) is 0 Å². The maximum absolute atomic E-state index is 14.4. The van der Waals surface area contributed by atoms with E-state index in [4.69, 9.17) is 0 Å². The maximum atomic E-state index is 14.4. The van der Waals surface area contributed by atoms with E-state index in [1.165, 1.54) is 4.88 Å². The van der Waals surface area contributed by atoms with E-state index in [0.717, 1.165) is 56.1 Å². The fourth-order valence-corrected chi connectivity index (χ4v) is 5.73. The van der Waals surface area contributed by atoms with Gasteiger partial charge in [-0.15, -0.1) is 11.3 Å². The van der Waals surface area contributed by atoms with Gasteiger partial charge in [-0.25, -0.2) is 4.39 Å². The molecule has 1 aromatic heterocycles. The minimum absolute atomic E-state index is 0.00481. The molecule has 4 heteroatoms. The molecule has 0 amide bonds. The molecule has 152 valence electrons. The molecule has 3 atom stereocenters. The number of hydrogen-bond donors (Lipinski definition) is 1. The molecule has 0 aliphatic heterocycles. The summed E-state index contributed by atoms with van der Waals surface area (Å²) in [5, 5.41) is 12.5. The van der Waals surface area contributed by atoms with Crippen LogP contribution in [0.3, 0.4) is 0 Å². The van der Waals surface area contributed by atoms with Crippen molar-refractivity contribution in [1.82, 2.24) is 0 Å². The van der Waals surface area contributed by atoms with Gasteiger partial charge in [0.25, 0.3) is 0 Å². The molecule has 1 N–H and O–H groups in total. The highest BCUT2D eigenvalue weighted by Gasteiger charge is 2.34. The third-order valence-corrected chi connectivity index (χ3v) is 7.64. The molecule has 0 radical (unpaired) electrons. The number of aliphatic hydroxyl groups is 1. The molecule has 0 bridgehead atoms. The van der Waals surface area contributed by atoms with Crippen LogP contribution in [0, 0.1) is 5.92 Å². The number of halogens is 2. The number of thiophene rings is 1. The van der Waals surface area contributed by atoms with Crippen molar-refractivity contribution in [2.45, 2.75) is 70.3 Å². The Morgan fingerprint density at radius 3 is 2.64 bits per heavy atom. The van der Waals surface area contributed by atoms with Crippen molar-refractivity contribution in [3.05, 3.63) is 68.1 Å². The van der Waals surface area contributed by atoms with E-state index in [1.807, 2.05) is 12.1 Å². The summed E-state index contributed by atoms with van der Waals surface area (Å²) in [7, 11) is 0. The SMILES string of the molecule is CCCCCC(O)c1ccc(C2C(Br)=C(F)C[C@@H]2CCCc2cccs2)cc1. The van der Waals surface area contributed by atoms with Crippen molar-refractivity contribution in [2.24, 2.45) is 5.92 Å². The lowest BCUT2D eigenvalue weighted by Crippen LogP contribution is -2.09. The van der Waals surface area contributed by atoms with Crippen LogP contribution in [0.5, 0.6) is 0 Å². The van der Waals surface area contributed by atoms with Gasteiger partial charge in [-0.3, -0.25) is 0 Å². The van der Waals surface area contributed by atoms with Gasteiger partial charge in [0.15, 0.2) is 0 Å². The lowest BCUT2D eigenvalue weighted by Gasteiger charge is -2.22. The highest BCUT2D eigenvalue weighted by atomic mass is 79.9. The van der Waals surface area contributed by atoms with Crippen LogP contribution in [-0.4, -0.2) is 5.11 Å². The molecule has 2 unspecified atom stereocenters. The Hall–Kier alpha value is -0.970. The standard InChI is InChI=1S/C24H30BrFOS/c1-2-3-4-10-22(27)17-11-13-18(14-12-17)23-19(16-21(26)24(23)25)7-5-8-20-9-6-15-28-20/h6,9,11-15,19,22-23,27H,2-5,7-8,10,16H2,1H3/t19-,22?,23?/m0/s1. The first-order valence-corrected chi connectivity index (χ1v) is 12.1. The van der Waals surface area contributed by atoms with Crippen LogP contribution in [0.2, 0.25) is 0 Å². The molecule has 0 spiro atoms. The van der Waals surface area contributed by atoms with Gasteiger partial charge in [-0.1, -0.05) is 72.4 Å². The second kappa shape index (κ2) is 10.7. The maximum Gasteiger partial charge on any atom is 0.111 e. The van der Waals surface area contributed by atoms with Crippen molar-refractivity contribution in [3.63, 3.8) is 0 Å². The van der Waals surface area contributed by atoms with E-state index in [1.54, 1.807) is 11.3 Å². The van der Waals surface area contributed by atoms with Gasteiger partial charge in [-0.05, 0) is 54.2 Å². The molecular formula is C24H30BrFOS. The number of rotatable bonds is 10. The number of unbranched alkanes of at least 4 members (excludes halogenated alkanes) is 2. The normalized spacial score (nSPS) is 20.7. The average molecular weight is 465 g/mol. The second-order valence-electron chi connectivity index (χ2n) is 7.84. The van der Waals surface area contributed by atoms with Crippen molar-refractivity contribution >= 4 is 27.3 Å². The van der Waals surface area contributed by atoms with Gasteiger partial charge in [0.1, 0.15) is 5.83 Å². The summed E-state index contributed by atoms with van der Waals surface area (Å²) in [5.41, 5.74) is 2.11. The Kier molecular flexibility index (Phi) is 8.31. The summed E-state index contributed by atoms with van der Waals surface area (Å²) in [6.07, 6.45) is 7.47. The topological polar surface area (TPSA) is 20.2 Å². The zero-order valence-corrected chi connectivity index (χ0v) is 18.9. The summed E-state index contributed by atoms with van der Waals surface area (Å²) in [5.74, 6) is 0.388. The first kappa shape index (κ1) is 21.7. The van der Waals surface area contributed by atoms with Gasteiger partial charge >= 0.3 is 0 Å². The molecule has 1 aliphatic rings. The fourth-order valence-electron chi connectivity index (χ4n) is 4.18. The summed E-state index contributed by atoms with van der Waals surface area (Å²) in [4.78, 5) is 1.41. The van der Waals surface area contributed by atoms with E-state index in [0.29, 0.717) is 16.8 Å². The number of aryl methyl sites for hydroxylation is 1. The zero-order valence-electron chi connectivity index (χ0n) is 16.5. The molecule has 1 aliphatic carbocycles. The van der Waals surface area contributed by atoms with Crippen LogP contribution in [0.4, 0.5) is 4.39 Å². The molecular weight excluding hydrogens is 435 g/mol. The van der Waals surface area contributed by atoms with Crippen LogP contribution in [0.25, 0.3) is 0 Å². The van der Waals surface area contributed by atoms with Crippen LogP contribution in [0.1, 0.15) is 79.9 Å². The third-order valence-electron chi connectivity index (χ3n) is 5.78. The van der Waals surface area contributed by atoms with Crippen molar-refractivity contribution in [2.75, 3.05) is 0 Å². The van der Waals surface area contributed by atoms with E-state index in [2.05, 4.69) is 52.5 Å². The molecule has 28 heavy (non-hydrogen) atoms. The summed E-state index contributed by atoms with van der Waals surface area (Å²) >= 11 is 5.32. The lowest BCUT2D eigenvalue weighted by atomic mass is 9.84. The number of aliphatic hydroxyl groups excluding tert-OH is 1. The zero-order chi connectivity index (χ0) is 19.9. The largest absolute Gasteiger partial charge is 0.388 e. The number of allylic oxidation sites excluding steroid dienone is 2. The molecule has 1 aromatic carbocycles. The minimum atomic E-state index is -0.401. The fraction of sp³-hybridized carbons (Fsp3) is 0.500. The van der Waals surface area contributed by atoms with Gasteiger partial charge in [0.2, 0.25) is 0 Å². The van der Waals surface area contributed by atoms with E-state index >= 15 is 0 Å². The first-order valence-electron chi connectivity index (χ1n) is 10.4. The van der Waals surface area contributed by atoms with E-state index in [-0.39, 0.29) is 11.7 Å². The Labute approximate surface area is 180 Å². The van der Waals surface area contributed by atoms with Crippen molar-refractivity contribution < 1.29 is 9.50 Å². The van der Waals surface area contributed by atoms with Crippen LogP contribution < -0.4 is 0 Å². The summed E-state index contributed by atoms with van der Waals surface area (Å²) < 4.78 is 15.1. The second-order valence-corrected chi connectivity index (χ2v) is 9.73. The average Bonchev–Trinajstić information content (AvgIpc) is 3.31. The molecule has 0 saturated heterocycles. The first-order chi connectivity index (χ1) is 13.6. The predicted octanol–water partition coefficient (Wildman–Crippen LogP) is 8.06. The highest BCUT2D eigenvalue weighted by molar-refractivity contribution is 9.11. The molecule has 3 rings (SSSR count). The predicted molar refractivity (Wildman–Crippen MR) is 121 cm³/mol. The van der Waals surface area contributed by atoms with Crippen LogP contribution >= 0.6 is 27.3 Å². The van der Waals surface area contributed by atoms with E-state index < -0.39 is 6.10 Å². The number of benzene rings is 1. The van der Waals surface area contributed by atoms with Gasteiger partial charge in [0, 0.05) is 21.7 Å². The summed E-state index contributed by atoms with van der Waals surface area (Å²) in [6, 6.07) is 12.5. The Morgan fingerprint density at radius 2 is 1.96 bits per heavy atom. The molecule has 1 heterocycles. The number of hydrogen-bond acceptors (Lipinski definition) is 2.